The van der Waals surface area contributed by atoms with E-state index in [0.29, 0.717) is 12.2 Å². The van der Waals surface area contributed by atoms with Crippen LogP contribution in [0.1, 0.15) is 5.56 Å². The molecular formula is C19H17N3O2S2. The molecule has 0 radical (unpaired) electrons. The molecule has 2 heterocycles. The minimum Gasteiger partial charge on any atom is -0.316 e. The maximum Gasteiger partial charge on any atom is 0.268 e. The summed E-state index contributed by atoms with van der Waals surface area (Å²) in [6, 6.07) is 16.5. The molecule has 0 aliphatic rings. The summed E-state index contributed by atoms with van der Waals surface area (Å²) in [5, 5.41) is 3.07. The largest absolute Gasteiger partial charge is 0.316 e. The van der Waals surface area contributed by atoms with Gasteiger partial charge < -0.3 is 5.32 Å². The van der Waals surface area contributed by atoms with Crippen LogP contribution in [0.15, 0.2) is 71.2 Å². The fraction of sp³-hybridized carbons (Fsp3) is 0.105. The van der Waals surface area contributed by atoms with Crippen LogP contribution in [-0.4, -0.2) is 24.4 Å². The Morgan fingerprint density at radius 3 is 2.69 bits per heavy atom. The van der Waals surface area contributed by atoms with Crippen molar-refractivity contribution in [1.29, 1.82) is 0 Å². The molecule has 0 saturated heterocycles. The number of hydrogen-bond acceptors (Lipinski definition) is 5. The van der Waals surface area contributed by atoms with E-state index in [-0.39, 0.29) is 4.90 Å². The summed E-state index contributed by atoms with van der Waals surface area (Å²) in [4.78, 5) is 4.48. The first-order chi connectivity index (χ1) is 12.6. The third kappa shape index (κ3) is 2.94. The van der Waals surface area contributed by atoms with Crippen molar-refractivity contribution < 1.29 is 8.42 Å². The highest BCUT2D eigenvalue weighted by Gasteiger charge is 2.22. The molecule has 0 bridgehead atoms. The molecule has 0 aliphatic heterocycles. The average Bonchev–Trinajstić information content (AvgIpc) is 3.29. The number of hydrogen-bond donors (Lipinski definition) is 1. The van der Waals surface area contributed by atoms with Crippen molar-refractivity contribution in [2.75, 3.05) is 7.05 Å². The van der Waals surface area contributed by atoms with Gasteiger partial charge in [0.15, 0.2) is 0 Å². The molecule has 132 valence electrons. The summed E-state index contributed by atoms with van der Waals surface area (Å²) >= 11 is 1.43. The maximum absolute atomic E-state index is 13.3. The van der Waals surface area contributed by atoms with Gasteiger partial charge in [-0.3, -0.25) is 0 Å². The molecule has 1 N–H and O–H groups in total. The summed E-state index contributed by atoms with van der Waals surface area (Å²) < 4.78 is 28.9. The van der Waals surface area contributed by atoms with Gasteiger partial charge in [0.1, 0.15) is 0 Å². The highest BCUT2D eigenvalue weighted by atomic mass is 32.2. The van der Waals surface area contributed by atoms with Gasteiger partial charge in [-0.2, -0.15) is 0 Å². The lowest BCUT2D eigenvalue weighted by molar-refractivity contribution is 0.588. The summed E-state index contributed by atoms with van der Waals surface area (Å²) in [5.74, 6) is 0. The maximum atomic E-state index is 13.3. The molecule has 0 amide bonds. The zero-order valence-corrected chi connectivity index (χ0v) is 15.7. The van der Waals surface area contributed by atoms with Gasteiger partial charge in [-0.1, -0.05) is 30.3 Å². The SMILES string of the molecule is CNCc1cc(-c2ccccc2)n(S(=O)(=O)c2ccc3ncsc3c2)c1. The number of rotatable bonds is 5. The first kappa shape index (κ1) is 17.0. The molecule has 0 spiro atoms. The molecule has 0 saturated carbocycles. The van der Waals surface area contributed by atoms with E-state index in [4.69, 9.17) is 0 Å². The van der Waals surface area contributed by atoms with Crippen LogP contribution in [-0.2, 0) is 16.6 Å². The Hall–Kier alpha value is -2.48. The monoisotopic (exact) mass is 383 g/mol. The van der Waals surface area contributed by atoms with Crippen LogP contribution in [0.25, 0.3) is 21.5 Å². The van der Waals surface area contributed by atoms with Crippen LogP contribution < -0.4 is 5.32 Å². The number of aromatic nitrogens is 2. The number of fused-ring (bicyclic) bond motifs is 1. The van der Waals surface area contributed by atoms with E-state index >= 15 is 0 Å². The fourth-order valence-electron chi connectivity index (χ4n) is 2.93. The Balaban J connectivity index is 1.89. The Bertz CT molecular complexity index is 1160. The van der Waals surface area contributed by atoms with Crippen LogP contribution in [0, 0.1) is 0 Å². The van der Waals surface area contributed by atoms with Crippen LogP contribution >= 0.6 is 11.3 Å². The van der Waals surface area contributed by atoms with E-state index in [2.05, 4.69) is 10.3 Å². The molecule has 5 nitrogen and oxygen atoms in total. The van der Waals surface area contributed by atoms with Gasteiger partial charge in [-0.15, -0.1) is 11.3 Å². The van der Waals surface area contributed by atoms with Crippen LogP contribution in [0.3, 0.4) is 0 Å². The second kappa shape index (κ2) is 6.68. The van der Waals surface area contributed by atoms with Crippen molar-refractivity contribution in [3.05, 3.63) is 71.9 Å². The van der Waals surface area contributed by atoms with Crippen LogP contribution in [0.2, 0.25) is 0 Å². The molecule has 0 aliphatic carbocycles. The minimum absolute atomic E-state index is 0.262. The third-order valence-electron chi connectivity index (χ3n) is 4.15. The molecule has 26 heavy (non-hydrogen) atoms. The number of benzene rings is 2. The van der Waals surface area contributed by atoms with E-state index in [1.807, 2.05) is 43.4 Å². The highest BCUT2D eigenvalue weighted by Crippen LogP contribution is 2.29. The van der Waals surface area contributed by atoms with Crippen molar-refractivity contribution in [3.8, 4) is 11.3 Å². The van der Waals surface area contributed by atoms with Crippen molar-refractivity contribution in [2.45, 2.75) is 11.4 Å². The lowest BCUT2D eigenvalue weighted by atomic mass is 10.1. The van der Waals surface area contributed by atoms with Gasteiger partial charge in [0.05, 0.1) is 26.3 Å². The average molecular weight is 383 g/mol. The Kier molecular flexibility index (Phi) is 4.36. The Morgan fingerprint density at radius 1 is 1.12 bits per heavy atom. The van der Waals surface area contributed by atoms with E-state index < -0.39 is 10.0 Å². The second-order valence-corrected chi connectivity index (χ2v) is 8.61. The number of nitrogens with one attached hydrogen (secondary N) is 1. The van der Waals surface area contributed by atoms with Gasteiger partial charge in [-0.05, 0) is 42.4 Å². The van der Waals surface area contributed by atoms with Crippen molar-refractivity contribution in [3.63, 3.8) is 0 Å². The van der Waals surface area contributed by atoms with Gasteiger partial charge in [0, 0.05) is 12.7 Å². The summed E-state index contributed by atoms with van der Waals surface area (Å²) in [5.41, 5.74) is 4.95. The molecule has 0 atom stereocenters. The predicted octanol–water partition coefficient (Wildman–Crippen LogP) is 3.72. The number of nitrogens with zero attached hydrogens (tertiary/aromatic N) is 2. The standard InChI is InChI=1S/C19H17N3O2S2/c1-20-11-14-9-18(15-5-3-2-4-6-15)22(12-14)26(23,24)16-7-8-17-19(10-16)25-13-21-17/h2-10,12-13,20H,11H2,1H3. The van der Waals surface area contributed by atoms with Crippen LogP contribution in [0.4, 0.5) is 0 Å². The molecule has 2 aromatic heterocycles. The van der Waals surface area contributed by atoms with E-state index in [1.54, 1.807) is 29.9 Å². The third-order valence-corrected chi connectivity index (χ3v) is 6.61. The topological polar surface area (TPSA) is 64.0 Å². The van der Waals surface area contributed by atoms with Gasteiger partial charge in [-0.25, -0.2) is 17.4 Å². The number of thiazole rings is 1. The van der Waals surface area contributed by atoms with E-state index in [0.717, 1.165) is 21.3 Å². The second-order valence-electron chi connectivity index (χ2n) is 5.91. The van der Waals surface area contributed by atoms with Gasteiger partial charge >= 0.3 is 0 Å². The first-order valence-electron chi connectivity index (χ1n) is 8.10. The van der Waals surface area contributed by atoms with Crippen molar-refractivity contribution >= 4 is 31.6 Å². The summed E-state index contributed by atoms with van der Waals surface area (Å²) in [6.45, 7) is 0.593. The molecule has 0 unspecified atom stereocenters. The zero-order chi connectivity index (χ0) is 18.1. The van der Waals surface area contributed by atoms with Gasteiger partial charge in [0.25, 0.3) is 10.0 Å². The summed E-state index contributed by atoms with van der Waals surface area (Å²) in [7, 11) is -1.88. The minimum atomic E-state index is -3.72. The Labute approximate surface area is 156 Å². The molecular weight excluding hydrogens is 366 g/mol. The van der Waals surface area contributed by atoms with E-state index in [9.17, 15) is 8.42 Å². The molecule has 7 heteroatoms. The molecule has 4 rings (SSSR count). The fourth-order valence-corrected chi connectivity index (χ4v) is 5.14. The quantitative estimate of drug-likeness (QED) is 0.570. The first-order valence-corrected chi connectivity index (χ1v) is 10.4. The molecule has 4 aromatic rings. The smallest absolute Gasteiger partial charge is 0.268 e. The van der Waals surface area contributed by atoms with Crippen molar-refractivity contribution in [1.82, 2.24) is 14.3 Å². The van der Waals surface area contributed by atoms with Gasteiger partial charge in [0.2, 0.25) is 0 Å². The van der Waals surface area contributed by atoms with Crippen molar-refractivity contribution in [2.24, 2.45) is 0 Å². The normalized spacial score (nSPS) is 11.9. The zero-order valence-electron chi connectivity index (χ0n) is 14.1. The van der Waals surface area contributed by atoms with E-state index in [1.165, 1.54) is 15.3 Å². The summed E-state index contributed by atoms with van der Waals surface area (Å²) in [6.07, 6.45) is 1.69. The molecule has 0 fully saturated rings. The predicted molar refractivity (Wildman–Crippen MR) is 105 cm³/mol. The molecule has 2 aromatic carbocycles. The highest BCUT2D eigenvalue weighted by molar-refractivity contribution is 7.90. The Morgan fingerprint density at radius 2 is 1.92 bits per heavy atom. The lowest BCUT2D eigenvalue weighted by Crippen LogP contribution is -2.13. The lowest BCUT2D eigenvalue weighted by Gasteiger charge is -2.11. The van der Waals surface area contributed by atoms with Crippen LogP contribution in [0.5, 0.6) is 0 Å².